The van der Waals surface area contributed by atoms with E-state index in [4.69, 9.17) is 11.6 Å². The molecule has 0 aliphatic rings. The summed E-state index contributed by atoms with van der Waals surface area (Å²) in [5, 5.41) is 14.8. The van der Waals surface area contributed by atoms with Crippen molar-refractivity contribution in [2.24, 2.45) is 0 Å². The van der Waals surface area contributed by atoms with Crippen LogP contribution in [-0.4, -0.2) is 27.8 Å². The van der Waals surface area contributed by atoms with Gasteiger partial charge in [-0.05, 0) is 55.8 Å². The van der Waals surface area contributed by atoms with Crippen LogP contribution in [0.15, 0.2) is 59.6 Å². The van der Waals surface area contributed by atoms with Gasteiger partial charge < -0.3 is 10.6 Å². The number of benzene rings is 2. The number of rotatable bonds is 6. The van der Waals surface area contributed by atoms with Gasteiger partial charge in [0, 0.05) is 16.3 Å². The van der Waals surface area contributed by atoms with Crippen LogP contribution in [0, 0.1) is 13.8 Å². The first-order valence-electron chi connectivity index (χ1n) is 8.82. The lowest BCUT2D eigenvalue weighted by atomic mass is 10.1. The van der Waals surface area contributed by atoms with E-state index < -0.39 is 0 Å². The van der Waals surface area contributed by atoms with Gasteiger partial charge in [0.15, 0.2) is 5.82 Å². The summed E-state index contributed by atoms with van der Waals surface area (Å²) < 4.78 is 0. The zero-order valence-electron chi connectivity index (χ0n) is 15.9. The molecule has 29 heavy (non-hydrogen) atoms. The van der Waals surface area contributed by atoms with Crippen LogP contribution in [0.4, 0.5) is 11.5 Å². The van der Waals surface area contributed by atoms with Crippen molar-refractivity contribution in [3.8, 4) is 0 Å². The lowest BCUT2D eigenvalue weighted by Gasteiger charge is -2.09. The van der Waals surface area contributed by atoms with E-state index in [1.165, 1.54) is 11.8 Å². The largest absolute Gasteiger partial charge is 0.325 e. The van der Waals surface area contributed by atoms with E-state index in [0.29, 0.717) is 27.1 Å². The fourth-order valence-corrected chi connectivity index (χ4v) is 3.21. The van der Waals surface area contributed by atoms with Crippen LogP contribution in [0.2, 0.25) is 5.02 Å². The number of amides is 2. The first-order valence-corrected chi connectivity index (χ1v) is 10.2. The lowest BCUT2D eigenvalue weighted by molar-refractivity contribution is -0.113. The number of nitrogens with zero attached hydrogens (tertiary/aromatic N) is 2. The summed E-state index contributed by atoms with van der Waals surface area (Å²) in [4.78, 5) is 24.4. The zero-order chi connectivity index (χ0) is 20.8. The highest BCUT2D eigenvalue weighted by atomic mass is 35.5. The van der Waals surface area contributed by atoms with Gasteiger partial charge in [0.2, 0.25) is 5.91 Å². The Morgan fingerprint density at radius 3 is 2.41 bits per heavy atom. The van der Waals surface area contributed by atoms with Crippen molar-refractivity contribution < 1.29 is 9.59 Å². The van der Waals surface area contributed by atoms with Gasteiger partial charge in [-0.3, -0.25) is 9.59 Å². The summed E-state index contributed by atoms with van der Waals surface area (Å²) in [6.45, 7) is 3.81. The first-order chi connectivity index (χ1) is 13.9. The number of hydrogen-bond acceptors (Lipinski definition) is 5. The molecule has 1 heterocycles. The van der Waals surface area contributed by atoms with Crippen LogP contribution in [0.3, 0.4) is 0 Å². The Labute approximate surface area is 178 Å². The van der Waals surface area contributed by atoms with Gasteiger partial charge >= 0.3 is 0 Å². The fraction of sp³-hybridized carbons (Fsp3) is 0.143. The molecule has 0 unspecified atom stereocenters. The Bertz CT molecular complexity index is 1020. The van der Waals surface area contributed by atoms with Gasteiger partial charge in [-0.25, -0.2) is 0 Å². The van der Waals surface area contributed by atoms with Gasteiger partial charge in [0.1, 0.15) is 5.03 Å². The molecule has 6 nitrogen and oxygen atoms in total. The van der Waals surface area contributed by atoms with Crippen LogP contribution in [0.25, 0.3) is 0 Å². The molecule has 0 aliphatic carbocycles. The van der Waals surface area contributed by atoms with E-state index in [2.05, 4.69) is 20.8 Å². The molecule has 1 aromatic heterocycles. The van der Waals surface area contributed by atoms with E-state index in [9.17, 15) is 9.59 Å². The average molecular weight is 427 g/mol. The molecule has 0 fully saturated rings. The molecule has 3 aromatic rings. The molecular weight excluding hydrogens is 408 g/mol. The van der Waals surface area contributed by atoms with E-state index in [1.807, 2.05) is 26.0 Å². The molecule has 0 bridgehead atoms. The summed E-state index contributed by atoms with van der Waals surface area (Å²) in [5.41, 5.74) is 3.13. The highest BCUT2D eigenvalue weighted by molar-refractivity contribution is 7.99. The lowest BCUT2D eigenvalue weighted by Crippen LogP contribution is -2.15. The maximum absolute atomic E-state index is 12.2. The smallest absolute Gasteiger partial charge is 0.256 e. The molecule has 2 aromatic carbocycles. The van der Waals surface area contributed by atoms with Crippen LogP contribution >= 0.6 is 23.4 Å². The van der Waals surface area contributed by atoms with Crippen molar-refractivity contribution in [3.05, 3.63) is 76.3 Å². The molecule has 0 spiro atoms. The minimum Gasteiger partial charge on any atom is -0.325 e. The molecule has 0 saturated carbocycles. The number of halogens is 1. The summed E-state index contributed by atoms with van der Waals surface area (Å²) in [7, 11) is 0. The van der Waals surface area contributed by atoms with Crippen molar-refractivity contribution in [1.29, 1.82) is 0 Å². The first kappa shape index (κ1) is 20.8. The van der Waals surface area contributed by atoms with Crippen LogP contribution in [-0.2, 0) is 4.79 Å². The topological polar surface area (TPSA) is 84.0 Å². The van der Waals surface area contributed by atoms with Gasteiger partial charge in [-0.2, -0.15) is 0 Å². The normalized spacial score (nSPS) is 10.4. The predicted molar refractivity (Wildman–Crippen MR) is 117 cm³/mol. The van der Waals surface area contributed by atoms with E-state index >= 15 is 0 Å². The molecule has 3 rings (SSSR count). The van der Waals surface area contributed by atoms with E-state index in [0.717, 1.165) is 11.1 Å². The predicted octanol–water partition coefficient (Wildman–Crippen LogP) is 4.73. The molecule has 8 heteroatoms. The molecule has 0 radical (unpaired) electrons. The van der Waals surface area contributed by atoms with Crippen molar-refractivity contribution in [1.82, 2.24) is 10.2 Å². The van der Waals surface area contributed by atoms with Gasteiger partial charge in [-0.1, -0.05) is 47.1 Å². The number of anilines is 2. The number of thioether (sulfide) groups is 1. The van der Waals surface area contributed by atoms with E-state index in [1.54, 1.807) is 42.5 Å². The molecule has 2 N–H and O–H groups in total. The second-order valence-electron chi connectivity index (χ2n) is 6.33. The maximum Gasteiger partial charge on any atom is 0.256 e. The summed E-state index contributed by atoms with van der Waals surface area (Å²) in [6, 6.07) is 16.0. The highest BCUT2D eigenvalue weighted by Gasteiger charge is 2.10. The van der Waals surface area contributed by atoms with Gasteiger partial charge in [0.05, 0.1) is 5.75 Å². The quantitative estimate of drug-likeness (QED) is 0.556. The second-order valence-corrected chi connectivity index (χ2v) is 7.73. The standard InChI is InChI=1S/C21H19ClN4O2S/c1-13-6-8-15(9-7-13)21(28)24-18-10-11-20(26-25-18)29-12-19(27)23-17-5-3-4-16(22)14(17)2/h3-11H,12H2,1-2H3,(H,23,27)(H,24,25,28). The van der Waals surface area contributed by atoms with Gasteiger partial charge in [0.25, 0.3) is 5.91 Å². The Hall–Kier alpha value is -2.90. The van der Waals surface area contributed by atoms with Crippen LogP contribution < -0.4 is 10.6 Å². The van der Waals surface area contributed by atoms with Crippen molar-refractivity contribution >= 4 is 46.7 Å². The van der Waals surface area contributed by atoms with Crippen molar-refractivity contribution in [2.75, 3.05) is 16.4 Å². The SMILES string of the molecule is Cc1ccc(C(=O)Nc2ccc(SCC(=O)Nc3cccc(Cl)c3C)nn2)cc1. The van der Waals surface area contributed by atoms with Crippen molar-refractivity contribution in [3.63, 3.8) is 0 Å². The minimum atomic E-state index is -0.254. The van der Waals surface area contributed by atoms with Crippen LogP contribution in [0.1, 0.15) is 21.5 Å². The fourth-order valence-electron chi connectivity index (χ4n) is 2.43. The van der Waals surface area contributed by atoms with Gasteiger partial charge in [-0.15, -0.1) is 10.2 Å². The molecule has 148 valence electrons. The molecular formula is C21H19ClN4O2S. The monoisotopic (exact) mass is 426 g/mol. The summed E-state index contributed by atoms with van der Waals surface area (Å²) in [5.74, 6) is 0.101. The summed E-state index contributed by atoms with van der Waals surface area (Å²) >= 11 is 7.31. The third-order valence-corrected chi connectivity index (χ3v) is 5.42. The zero-order valence-corrected chi connectivity index (χ0v) is 17.5. The Morgan fingerprint density at radius 2 is 1.72 bits per heavy atom. The molecule has 0 saturated heterocycles. The number of hydrogen-bond donors (Lipinski definition) is 2. The molecule has 2 amide bonds. The number of nitrogens with one attached hydrogen (secondary N) is 2. The highest BCUT2D eigenvalue weighted by Crippen LogP contribution is 2.23. The maximum atomic E-state index is 12.2. The Morgan fingerprint density at radius 1 is 0.966 bits per heavy atom. The Balaban J connectivity index is 1.52. The second kappa shape index (κ2) is 9.54. The third kappa shape index (κ3) is 5.79. The Kier molecular flexibility index (Phi) is 6.85. The summed E-state index contributed by atoms with van der Waals surface area (Å²) in [6.07, 6.45) is 0. The molecule has 0 aliphatic heterocycles. The minimum absolute atomic E-state index is 0.168. The average Bonchev–Trinajstić information content (AvgIpc) is 2.71. The van der Waals surface area contributed by atoms with E-state index in [-0.39, 0.29) is 17.6 Å². The molecule has 0 atom stereocenters. The van der Waals surface area contributed by atoms with Crippen LogP contribution in [0.5, 0.6) is 0 Å². The number of carbonyl (C=O) groups is 2. The number of aryl methyl sites for hydroxylation is 1. The third-order valence-electron chi connectivity index (χ3n) is 4.09. The number of aromatic nitrogens is 2. The van der Waals surface area contributed by atoms with Crippen molar-refractivity contribution in [2.45, 2.75) is 18.9 Å². The number of carbonyl (C=O) groups excluding carboxylic acids is 2.